The molecule has 350 valence electrons. The van der Waals surface area contributed by atoms with Crippen molar-refractivity contribution in [1.82, 2.24) is 0 Å². The molecule has 8 N–H and O–H groups in total. The second kappa shape index (κ2) is 20.3. The van der Waals surface area contributed by atoms with Crippen LogP contribution in [0.2, 0.25) is 0 Å². The molecular weight excluding hydrogens is 835 g/mol. The number of hydrogen-bond acceptors (Lipinski definition) is 18. The fourth-order valence-corrected chi connectivity index (χ4v) is 13.7. The molecule has 4 aliphatic carbocycles. The van der Waals surface area contributed by atoms with E-state index in [0.717, 1.165) is 6.42 Å². The molecule has 0 aromatic heterocycles. The standard InChI is InChI=1S/C41H72O18S.Na/c1-19(2)21(12-15-55-38-35(30(45)24(17-42)57-38)58-37-34(54-7)31(46)25(53-6)18-56-37)9-8-20(3)27-32(47)33(48)36-40(27,5)14-11-26-39(4)13-10-22(43)29(44)28(39)23(16-41(26,36)49)59-60(50,51)52;/h19-38,42-49H,8-18H2,1-7H3,(H,50,51,52);/q;+1/p-1/t20-,21-,22+,23+,24?,25?,26?,27+,28?,29+,30?,31?,32-,33-,34?,35?,36?,37?,38?,39-,40-,41+;/m1./s1. The molecule has 0 aromatic carbocycles. The van der Waals surface area contributed by atoms with Gasteiger partial charge in [0, 0.05) is 32.5 Å². The maximum absolute atomic E-state index is 12.8. The van der Waals surface area contributed by atoms with Gasteiger partial charge < -0.3 is 73.8 Å². The van der Waals surface area contributed by atoms with Crippen molar-refractivity contribution < 1.29 is 116 Å². The molecule has 18 nitrogen and oxygen atoms in total. The number of methoxy groups -OCH3 is 2. The van der Waals surface area contributed by atoms with E-state index in [1.165, 1.54) is 14.2 Å². The number of fused-ring (bicyclic) bond motifs is 5. The van der Waals surface area contributed by atoms with Crippen LogP contribution in [-0.4, -0.2) is 173 Å². The summed E-state index contributed by atoms with van der Waals surface area (Å²) in [4.78, 5) is 0. The third-order valence-corrected chi connectivity index (χ3v) is 16.7. The van der Waals surface area contributed by atoms with Crippen LogP contribution < -0.4 is 29.6 Å². The Balaban J connectivity index is 0.00000704. The average Bonchev–Trinajstić information content (AvgIpc) is 3.57. The molecule has 0 amide bonds. The molecule has 2 saturated heterocycles. The fraction of sp³-hybridized carbons (Fsp3) is 1.00. The van der Waals surface area contributed by atoms with Crippen molar-refractivity contribution in [1.29, 1.82) is 0 Å². The Hall–Kier alpha value is 0.310. The minimum atomic E-state index is -5.28. The molecular formula is C41H71NaO18S. The van der Waals surface area contributed by atoms with Crippen LogP contribution in [0.3, 0.4) is 0 Å². The van der Waals surface area contributed by atoms with Gasteiger partial charge in [-0.2, -0.15) is 0 Å². The van der Waals surface area contributed by atoms with Gasteiger partial charge in [0.25, 0.3) is 0 Å². The van der Waals surface area contributed by atoms with E-state index >= 15 is 0 Å². The second-order valence-corrected chi connectivity index (χ2v) is 20.7. The Kier molecular flexibility index (Phi) is 17.4. The van der Waals surface area contributed by atoms with Crippen LogP contribution in [0.1, 0.15) is 86.0 Å². The van der Waals surface area contributed by atoms with Crippen LogP contribution >= 0.6 is 0 Å². The van der Waals surface area contributed by atoms with E-state index in [4.69, 9.17) is 32.6 Å². The number of hydrogen-bond donors (Lipinski definition) is 8. The summed E-state index contributed by atoms with van der Waals surface area (Å²) in [5, 5.41) is 89.9. The molecule has 61 heavy (non-hydrogen) atoms. The summed E-state index contributed by atoms with van der Waals surface area (Å²) >= 11 is 0. The first-order valence-corrected chi connectivity index (χ1v) is 23.1. The smallest absolute Gasteiger partial charge is 0.726 e. The maximum atomic E-state index is 12.8. The van der Waals surface area contributed by atoms with Crippen molar-refractivity contribution >= 4 is 10.4 Å². The van der Waals surface area contributed by atoms with Crippen LogP contribution in [0.4, 0.5) is 0 Å². The Morgan fingerprint density at radius 3 is 2.10 bits per heavy atom. The number of aliphatic hydroxyl groups is 8. The Bertz CT molecular complexity index is 1550. The molecule has 11 unspecified atom stereocenters. The molecule has 20 heteroatoms. The zero-order valence-corrected chi connectivity index (χ0v) is 39.7. The second-order valence-electron chi connectivity index (χ2n) is 19.6. The fourth-order valence-electron chi connectivity index (χ4n) is 13.3. The number of rotatable bonds is 16. The minimum absolute atomic E-state index is 0. The molecule has 2 heterocycles. The summed E-state index contributed by atoms with van der Waals surface area (Å²) in [6.45, 7) is 9.78. The van der Waals surface area contributed by atoms with Crippen LogP contribution in [-0.2, 0) is 43.0 Å². The van der Waals surface area contributed by atoms with E-state index in [1.54, 1.807) is 0 Å². The summed E-state index contributed by atoms with van der Waals surface area (Å²) in [5.74, 6) is -2.63. The normalized spacial score (nSPS) is 48.5. The summed E-state index contributed by atoms with van der Waals surface area (Å²) in [6.07, 6.45) is -11.5. The molecule has 6 rings (SSSR count). The van der Waals surface area contributed by atoms with Gasteiger partial charge in [0.2, 0.25) is 10.4 Å². The van der Waals surface area contributed by atoms with Gasteiger partial charge in [-0.05, 0) is 78.9 Å². The first-order chi connectivity index (χ1) is 28.1. The van der Waals surface area contributed by atoms with Crippen molar-refractivity contribution in [3.63, 3.8) is 0 Å². The Morgan fingerprint density at radius 1 is 0.820 bits per heavy atom. The van der Waals surface area contributed by atoms with Crippen molar-refractivity contribution in [2.45, 2.75) is 171 Å². The van der Waals surface area contributed by atoms with Crippen molar-refractivity contribution in [2.24, 2.45) is 52.3 Å². The zero-order valence-electron chi connectivity index (χ0n) is 36.9. The summed E-state index contributed by atoms with van der Waals surface area (Å²) in [5.41, 5.74) is -3.49. The molecule has 6 fully saturated rings. The Morgan fingerprint density at radius 2 is 1.49 bits per heavy atom. The van der Waals surface area contributed by atoms with Crippen molar-refractivity contribution in [3.8, 4) is 0 Å². The molecule has 4 saturated carbocycles. The van der Waals surface area contributed by atoms with Crippen molar-refractivity contribution in [3.05, 3.63) is 0 Å². The molecule has 2 aliphatic heterocycles. The van der Waals surface area contributed by atoms with Gasteiger partial charge in [-0.15, -0.1) is 0 Å². The van der Waals surface area contributed by atoms with E-state index in [-0.39, 0.29) is 73.4 Å². The van der Waals surface area contributed by atoms with Gasteiger partial charge in [-0.1, -0.05) is 41.0 Å². The van der Waals surface area contributed by atoms with Gasteiger partial charge in [-0.25, -0.2) is 8.42 Å². The SMILES string of the molecule is COC1COC(OC2C(OCC[C@@H](CC[C@@H](C)[C@H]3[C@@H](O)[C@@H](O)C4[C@]5(O)C[C@H](OS(=O)(=O)[O-])C6[C@@H](O)[C@@H](O)CC[C@]6(C)C5CC[C@@]43C)C(C)C)OC(CO)C2O)C(OC)C1O.[Na+]. The van der Waals surface area contributed by atoms with Gasteiger partial charge in [0.15, 0.2) is 12.6 Å². The van der Waals surface area contributed by atoms with Crippen LogP contribution in [0, 0.1) is 52.3 Å². The van der Waals surface area contributed by atoms with Crippen LogP contribution in [0.25, 0.3) is 0 Å². The zero-order chi connectivity index (χ0) is 44.3. The molecule has 6 aliphatic rings. The molecule has 0 aromatic rings. The quantitative estimate of drug-likeness (QED) is 0.0430. The third-order valence-electron chi connectivity index (χ3n) is 16.2. The predicted molar refractivity (Wildman–Crippen MR) is 208 cm³/mol. The molecule has 0 radical (unpaired) electrons. The maximum Gasteiger partial charge on any atom is 1.00 e. The molecule has 0 bridgehead atoms. The van der Waals surface area contributed by atoms with Gasteiger partial charge in [-0.3, -0.25) is 4.18 Å². The van der Waals surface area contributed by atoms with E-state index in [1.807, 2.05) is 20.8 Å². The number of aliphatic hydroxyl groups excluding tert-OH is 7. The summed E-state index contributed by atoms with van der Waals surface area (Å²) in [7, 11) is -2.44. The van der Waals surface area contributed by atoms with E-state index in [2.05, 4.69) is 13.8 Å². The van der Waals surface area contributed by atoms with Gasteiger partial charge in [0.1, 0.15) is 36.6 Å². The minimum Gasteiger partial charge on any atom is -0.726 e. The van der Waals surface area contributed by atoms with E-state index < -0.39 is 137 Å². The van der Waals surface area contributed by atoms with Crippen molar-refractivity contribution in [2.75, 3.05) is 34.0 Å². The van der Waals surface area contributed by atoms with Gasteiger partial charge >= 0.3 is 29.6 Å². The number of ether oxygens (including phenoxy) is 6. The summed E-state index contributed by atoms with van der Waals surface area (Å²) in [6, 6.07) is 0. The molecule has 22 atom stereocenters. The van der Waals surface area contributed by atoms with E-state index in [9.17, 15) is 53.8 Å². The first-order valence-electron chi connectivity index (χ1n) is 21.7. The monoisotopic (exact) mass is 906 g/mol. The van der Waals surface area contributed by atoms with E-state index in [0.29, 0.717) is 32.1 Å². The third kappa shape index (κ3) is 9.85. The molecule has 0 spiro atoms. The summed E-state index contributed by atoms with van der Waals surface area (Å²) < 4.78 is 75.7. The predicted octanol–water partition coefficient (Wildman–Crippen LogP) is -3.20. The largest absolute Gasteiger partial charge is 1.00 e. The Labute approximate surface area is 382 Å². The first kappa shape index (κ1) is 52.3. The van der Waals surface area contributed by atoms with Crippen LogP contribution in [0.15, 0.2) is 0 Å². The topological polar surface area (TPSA) is 284 Å². The average molecular weight is 907 g/mol. The van der Waals surface area contributed by atoms with Crippen LogP contribution in [0.5, 0.6) is 0 Å². The van der Waals surface area contributed by atoms with Gasteiger partial charge in [0.05, 0.1) is 55.9 Å².